The molecule has 0 spiro atoms. The fraction of sp³-hybridized carbons (Fsp3) is 0.625. The van der Waals surface area contributed by atoms with E-state index in [0.29, 0.717) is 23.2 Å². The Morgan fingerprint density at radius 3 is 2.73 bits per heavy atom. The Labute approximate surface area is 135 Å². The van der Waals surface area contributed by atoms with E-state index in [1.54, 1.807) is 0 Å². The second-order valence-electron chi connectivity index (χ2n) is 6.01. The number of methoxy groups -OCH3 is 1. The van der Waals surface area contributed by atoms with Crippen molar-refractivity contribution in [3.63, 3.8) is 0 Å². The molecule has 2 atom stereocenters. The monoisotopic (exact) mass is 325 g/mol. The normalized spacial score (nSPS) is 21.5. The van der Waals surface area contributed by atoms with E-state index in [2.05, 4.69) is 12.2 Å². The van der Waals surface area contributed by atoms with E-state index in [4.69, 9.17) is 4.74 Å². The Kier molecular flexibility index (Phi) is 5.58. The summed E-state index contributed by atoms with van der Waals surface area (Å²) in [6.07, 6.45) is 3.60. The average Bonchev–Trinajstić information content (AvgIpc) is 2.75. The van der Waals surface area contributed by atoms with Gasteiger partial charge in [-0.1, -0.05) is 0 Å². The summed E-state index contributed by atoms with van der Waals surface area (Å²) in [7, 11) is 1.36. The van der Waals surface area contributed by atoms with Crippen LogP contribution in [0.2, 0.25) is 0 Å². The number of rotatable bonds is 4. The summed E-state index contributed by atoms with van der Waals surface area (Å²) in [5.41, 5.74) is 1.37. The molecule has 0 bridgehead atoms. The molecule has 1 aromatic heterocycles. The summed E-state index contributed by atoms with van der Waals surface area (Å²) in [5, 5.41) is 3.52. The molecule has 2 heterocycles. The minimum atomic E-state index is -0.393. The highest BCUT2D eigenvalue weighted by atomic mass is 32.1. The Bertz CT molecular complexity index is 568. The van der Waals surface area contributed by atoms with Gasteiger partial charge in [0.15, 0.2) is 6.54 Å². The molecule has 1 saturated heterocycles. The molecule has 2 N–H and O–H groups in total. The Hall–Kier alpha value is -1.40. The minimum Gasteiger partial charge on any atom is -0.465 e. The van der Waals surface area contributed by atoms with Gasteiger partial charge in [0, 0.05) is 4.88 Å². The van der Waals surface area contributed by atoms with E-state index in [9.17, 15) is 9.59 Å². The van der Waals surface area contributed by atoms with Crippen LogP contribution in [0.3, 0.4) is 0 Å². The van der Waals surface area contributed by atoms with Crippen LogP contribution in [0, 0.1) is 13.8 Å². The fourth-order valence-electron chi connectivity index (χ4n) is 2.96. The zero-order valence-corrected chi connectivity index (χ0v) is 14.6. The fourth-order valence-corrected chi connectivity index (χ4v) is 4.02. The lowest BCUT2D eigenvalue weighted by Crippen LogP contribution is -3.17. The van der Waals surface area contributed by atoms with E-state index in [1.165, 1.54) is 42.6 Å². The van der Waals surface area contributed by atoms with Crippen LogP contribution in [0.5, 0.6) is 0 Å². The zero-order chi connectivity index (χ0) is 16.3. The number of ether oxygens (including phenoxy) is 1. The largest absolute Gasteiger partial charge is 0.465 e. The van der Waals surface area contributed by atoms with E-state index in [0.717, 1.165) is 17.0 Å². The molecule has 122 valence electrons. The lowest BCUT2D eigenvalue weighted by Gasteiger charge is -2.29. The highest BCUT2D eigenvalue weighted by Crippen LogP contribution is 2.32. The number of hydrogen-bond donors (Lipinski definition) is 2. The van der Waals surface area contributed by atoms with Crippen LogP contribution in [0.4, 0.5) is 5.00 Å². The first kappa shape index (κ1) is 17.0. The quantitative estimate of drug-likeness (QED) is 0.826. The minimum absolute atomic E-state index is 0.0323. The molecule has 1 amide bonds. The van der Waals surface area contributed by atoms with Gasteiger partial charge in [0.05, 0.1) is 25.3 Å². The molecular formula is C16H25N2O3S+. The van der Waals surface area contributed by atoms with Crippen LogP contribution in [-0.2, 0) is 9.53 Å². The van der Waals surface area contributed by atoms with Crippen LogP contribution < -0.4 is 10.2 Å². The summed E-state index contributed by atoms with van der Waals surface area (Å²) in [5.74, 6) is -0.425. The summed E-state index contributed by atoms with van der Waals surface area (Å²) in [6.45, 7) is 7.52. The second kappa shape index (κ2) is 7.24. The first-order chi connectivity index (χ1) is 10.4. The van der Waals surface area contributed by atoms with Crippen LogP contribution >= 0.6 is 11.3 Å². The Morgan fingerprint density at radius 1 is 1.36 bits per heavy atom. The van der Waals surface area contributed by atoms with Crippen molar-refractivity contribution in [2.75, 3.05) is 25.5 Å². The van der Waals surface area contributed by atoms with E-state index in [1.807, 2.05) is 13.8 Å². The third-order valence-electron chi connectivity index (χ3n) is 4.50. The smallest absolute Gasteiger partial charge is 0.341 e. The number of thiophene rings is 1. The van der Waals surface area contributed by atoms with E-state index in [-0.39, 0.29) is 5.91 Å². The number of carbonyl (C=O) groups is 2. The number of esters is 1. The van der Waals surface area contributed by atoms with Gasteiger partial charge in [-0.25, -0.2) is 4.79 Å². The molecule has 0 aromatic carbocycles. The van der Waals surface area contributed by atoms with Gasteiger partial charge in [-0.3, -0.25) is 4.79 Å². The van der Waals surface area contributed by atoms with Crippen molar-refractivity contribution >= 4 is 28.2 Å². The maximum absolute atomic E-state index is 12.3. The summed E-state index contributed by atoms with van der Waals surface area (Å²) in [6, 6.07) is 0.520. The summed E-state index contributed by atoms with van der Waals surface area (Å²) in [4.78, 5) is 26.6. The molecule has 1 unspecified atom stereocenters. The molecule has 22 heavy (non-hydrogen) atoms. The number of quaternary nitrogens is 1. The SMILES string of the molecule is COC(=O)c1c(NC(=O)C[NH+]2CCCC[C@@H]2C)sc(C)c1C. The molecule has 6 heteroatoms. The average molecular weight is 325 g/mol. The number of carbonyl (C=O) groups excluding carboxylic acids is 2. The number of hydrogen-bond acceptors (Lipinski definition) is 4. The van der Waals surface area contributed by atoms with Crippen molar-refractivity contribution in [1.29, 1.82) is 0 Å². The predicted octanol–water partition coefficient (Wildman–Crippen LogP) is 1.55. The summed E-state index contributed by atoms with van der Waals surface area (Å²) < 4.78 is 4.83. The van der Waals surface area contributed by atoms with Crippen LogP contribution in [0.25, 0.3) is 0 Å². The number of anilines is 1. The third kappa shape index (κ3) is 3.67. The molecule has 1 aliphatic heterocycles. The van der Waals surface area contributed by atoms with E-state index >= 15 is 0 Å². The second-order valence-corrected chi connectivity index (χ2v) is 7.23. The maximum Gasteiger partial charge on any atom is 0.341 e. The molecule has 2 rings (SSSR count). The molecule has 5 nitrogen and oxygen atoms in total. The topological polar surface area (TPSA) is 59.8 Å². The molecule has 0 radical (unpaired) electrons. The van der Waals surface area contributed by atoms with Crippen LogP contribution in [0.1, 0.15) is 47.0 Å². The number of piperidine rings is 1. The lowest BCUT2D eigenvalue weighted by molar-refractivity contribution is -0.920. The van der Waals surface area contributed by atoms with Gasteiger partial charge in [0.2, 0.25) is 0 Å². The molecular weight excluding hydrogens is 300 g/mol. The zero-order valence-electron chi connectivity index (χ0n) is 13.7. The number of aryl methyl sites for hydroxylation is 1. The van der Waals surface area contributed by atoms with Crippen molar-refractivity contribution in [1.82, 2.24) is 0 Å². The van der Waals surface area contributed by atoms with Crippen LogP contribution in [0.15, 0.2) is 0 Å². The molecule has 0 aliphatic carbocycles. The molecule has 1 aliphatic rings. The molecule has 1 aromatic rings. The Balaban J connectivity index is 2.08. The highest BCUT2D eigenvalue weighted by Gasteiger charge is 2.26. The van der Waals surface area contributed by atoms with Crippen LogP contribution in [-0.4, -0.2) is 38.1 Å². The molecule has 1 fully saturated rings. The number of amides is 1. The van der Waals surface area contributed by atoms with Gasteiger partial charge in [-0.05, 0) is 45.6 Å². The van der Waals surface area contributed by atoms with Gasteiger partial charge in [-0.15, -0.1) is 11.3 Å². The van der Waals surface area contributed by atoms with Gasteiger partial charge in [-0.2, -0.15) is 0 Å². The van der Waals surface area contributed by atoms with Gasteiger partial charge in [0.25, 0.3) is 5.91 Å². The molecule has 0 saturated carbocycles. The van der Waals surface area contributed by atoms with Gasteiger partial charge in [0.1, 0.15) is 5.00 Å². The summed E-state index contributed by atoms with van der Waals surface area (Å²) >= 11 is 1.43. The standard InChI is InChI=1S/C16H24N2O3S/c1-10-7-5-6-8-18(10)9-13(19)17-15-14(16(20)21-4)11(2)12(3)22-15/h10H,5-9H2,1-4H3,(H,17,19)/p+1/t10-/m0/s1. The van der Waals surface area contributed by atoms with Gasteiger partial charge >= 0.3 is 5.97 Å². The first-order valence-corrected chi connectivity index (χ1v) is 8.58. The van der Waals surface area contributed by atoms with Crippen molar-refractivity contribution in [2.45, 2.75) is 46.1 Å². The van der Waals surface area contributed by atoms with Crippen molar-refractivity contribution in [2.24, 2.45) is 0 Å². The first-order valence-electron chi connectivity index (χ1n) is 7.76. The lowest BCUT2D eigenvalue weighted by atomic mass is 10.0. The van der Waals surface area contributed by atoms with Gasteiger partial charge < -0.3 is 15.0 Å². The maximum atomic E-state index is 12.3. The van der Waals surface area contributed by atoms with E-state index < -0.39 is 5.97 Å². The number of likely N-dealkylation sites (tertiary alicyclic amines) is 1. The highest BCUT2D eigenvalue weighted by molar-refractivity contribution is 7.16. The predicted molar refractivity (Wildman–Crippen MR) is 87.8 cm³/mol. The van der Waals surface area contributed by atoms with Crippen molar-refractivity contribution in [3.05, 3.63) is 16.0 Å². The Morgan fingerprint density at radius 2 is 2.09 bits per heavy atom. The van der Waals surface area contributed by atoms with Crippen molar-refractivity contribution < 1.29 is 19.2 Å². The van der Waals surface area contributed by atoms with Crippen molar-refractivity contribution in [3.8, 4) is 0 Å². The number of nitrogens with one attached hydrogen (secondary N) is 2. The third-order valence-corrected chi connectivity index (χ3v) is 5.62.